The molecule has 0 saturated carbocycles. The van der Waals surface area contributed by atoms with E-state index in [0.717, 1.165) is 32.1 Å². The first-order chi connectivity index (χ1) is 16.4. The molecule has 0 aliphatic carbocycles. The third-order valence-electron chi connectivity index (χ3n) is 7.44. The highest BCUT2D eigenvalue weighted by atomic mass is 32.2. The van der Waals surface area contributed by atoms with E-state index in [-0.39, 0.29) is 5.75 Å². The third-order valence-corrected chi connectivity index (χ3v) is 8.76. The molecule has 0 aliphatic rings. The molecule has 0 unspecified atom stereocenters. The molecule has 208 valence electrons. The molecule has 0 aliphatic heterocycles. The summed E-state index contributed by atoms with van der Waals surface area (Å²) >= 11 is 0. The Labute approximate surface area is 216 Å². The maximum Gasteiger partial charge on any atom is 0.267 e. The molecule has 0 saturated heterocycles. The Hall–Kier alpha value is -0.130. The van der Waals surface area contributed by atoms with Gasteiger partial charge in [-0.1, -0.05) is 110 Å². The summed E-state index contributed by atoms with van der Waals surface area (Å²) in [5.74, 6) is 0.194. The molecule has 0 aromatic carbocycles. The number of rotatable bonds is 24. The standard InChI is InChI=1S/C21H44O3S.C8H20N/c1-3-5-7-9-11-13-14-16-18-20-24-25(22,23)21-19-17-15-12-10-8-6-4-2;1-5-9(6-2,7-3)8-4/h3-21H2,1-2H3;5-8H2,1-4H3/q;+1. The zero-order valence-corrected chi connectivity index (χ0v) is 25.2. The van der Waals surface area contributed by atoms with E-state index in [2.05, 4.69) is 41.5 Å². The fourth-order valence-corrected chi connectivity index (χ4v) is 5.46. The van der Waals surface area contributed by atoms with Crippen molar-refractivity contribution in [1.29, 1.82) is 0 Å². The second-order valence-corrected chi connectivity index (χ2v) is 11.8. The largest absolute Gasteiger partial charge is 0.325 e. The van der Waals surface area contributed by atoms with Gasteiger partial charge in [0.2, 0.25) is 0 Å². The highest BCUT2D eigenvalue weighted by Crippen LogP contribution is 2.12. The van der Waals surface area contributed by atoms with Gasteiger partial charge in [0.05, 0.1) is 38.5 Å². The third kappa shape index (κ3) is 23.6. The first kappa shape index (κ1) is 36.0. The minimum absolute atomic E-state index is 0.194. The van der Waals surface area contributed by atoms with E-state index in [1.807, 2.05) is 0 Å². The highest BCUT2D eigenvalue weighted by molar-refractivity contribution is 7.86. The van der Waals surface area contributed by atoms with Crippen molar-refractivity contribution in [3.05, 3.63) is 0 Å². The number of nitrogens with zero attached hydrogens (tertiary/aromatic N) is 1. The van der Waals surface area contributed by atoms with Crippen molar-refractivity contribution in [2.75, 3.05) is 38.5 Å². The van der Waals surface area contributed by atoms with Crippen LogP contribution in [0.25, 0.3) is 0 Å². The summed E-state index contributed by atoms with van der Waals surface area (Å²) in [5.41, 5.74) is 0. The summed E-state index contributed by atoms with van der Waals surface area (Å²) in [4.78, 5) is 0. The molecular formula is C29H64NO3S+. The second-order valence-electron chi connectivity index (χ2n) is 9.99. The molecular weight excluding hydrogens is 442 g/mol. The predicted octanol–water partition coefficient (Wildman–Crippen LogP) is 8.89. The van der Waals surface area contributed by atoms with Gasteiger partial charge in [0, 0.05) is 0 Å². The lowest BCUT2D eigenvalue weighted by atomic mass is 10.1. The SMILES string of the molecule is CCCCCCCCCCCOS(=O)(=O)CCCCCCCCCC.CC[N+](CC)(CC)CC. The summed E-state index contributed by atoms with van der Waals surface area (Å²) in [6.07, 6.45) is 20.4. The lowest BCUT2D eigenvalue weighted by Crippen LogP contribution is -2.47. The van der Waals surface area contributed by atoms with Crippen LogP contribution < -0.4 is 0 Å². The van der Waals surface area contributed by atoms with Crippen LogP contribution in [0.5, 0.6) is 0 Å². The smallest absolute Gasteiger partial charge is 0.267 e. The van der Waals surface area contributed by atoms with Crippen molar-refractivity contribution in [1.82, 2.24) is 0 Å². The van der Waals surface area contributed by atoms with Crippen LogP contribution in [-0.2, 0) is 14.3 Å². The van der Waals surface area contributed by atoms with Crippen LogP contribution in [0.2, 0.25) is 0 Å². The lowest BCUT2D eigenvalue weighted by Gasteiger charge is -2.34. The van der Waals surface area contributed by atoms with Crippen LogP contribution in [0, 0.1) is 0 Å². The highest BCUT2D eigenvalue weighted by Gasteiger charge is 2.16. The summed E-state index contributed by atoms with van der Waals surface area (Å²) in [7, 11) is -3.29. The average Bonchev–Trinajstić information content (AvgIpc) is 2.84. The van der Waals surface area contributed by atoms with E-state index < -0.39 is 10.1 Å². The Kier molecular flexibility index (Phi) is 27.5. The summed E-state index contributed by atoms with van der Waals surface area (Å²) in [5, 5.41) is 0. The zero-order valence-electron chi connectivity index (χ0n) is 24.3. The Balaban J connectivity index is 0. The average molecular weight is 507 g/mol. The molecule has 0 N–H and O–H groups in total. The Morgan fingerprint density at radius 2 is 0.794 bits per heavy atom. The van der Waals surface area contributed by atoms with E-state index in [1.54, 1.807) is 0 Å². The lowest BCUT2D eigenvalue weighted by molar-refractivity contribution is -0.921. The molecule has 0 fully saturated rings. The van der Waals surface area contributed by atoms with E-state index in [0.29, 0.717) is 6.61 Å². The van der Waals surface area contributed by atoms with Gasteiger partial charge in [-0.15, -0.1) is 0 Å². The summed E-state index contributed by atoms with van der Waals surface area (Å²) in [6.45, 7) is 19.1. The number of hydrogen-bond donors (Lipinski definition) is 0. The molecule has 0 atom stereocenters. The number of hydrogen-bond acceptors (Lipinski definition) is 3. The van der Waals surface area contributed by atoms with Crippen molar-refractivity contribution >= 4 is 10.1 Å². The summed E-state index contributed by atoms with van der Waals surface area (Å²) < 4.78 is 30.0. The van der Waals surface area contributed by atoms with Crippen molar-refractivity contribution < 1.29 is 17.1 Å². The molecule has 5 heteroatoms. The molecule has 0 aromatic rings. The molecule has 0 amide bonds. The van der Waals surface area contributed by atoms with E-state index in [1.165, 1.54) is 108 Å². The summed E-state index contributed by atoms with van der Waals surface area (Å²) in [6, 6.07) is 0. The van der Waals surface area contributed by atoms with Crippen LogP contribution in [0.15, 0.2) is 0 Å². The van der Waals surface area contributed by atoms with Crippen molar-refractivity contribution in [3.8, 4) is 0 Å². The van der Waals surface area contributed by atoms with Gasteiger partial charge < -0.3 is 4.48 Å². The van der Waals surface area contributed by atoms with Gasteiger partial charge in [-0.2, -0.15) is 8.42 Å². The minimum atomic E-state index is -3.29. The number of quaternary nitrogens is 1. The fraction of sp³-hybridized carbons (Fsp3) is 1.00. The Bertz CT molecular complexity index is 472. The van der Waals surface area contributed by atoms with Crippen LogP contribution >= 0.6 is 0 Å². The molecule has 0 aromatic heterocycles. The molecule has 0 rings (SSSR count). The van der Waals surface area contributed by atoms with Crippen LogP contribution in [0.4, 0.5) is 0 Å². The van der Waals surface area contributed by atoms with Crippen LogP contribution in [0.3, 0.4) is 0 Å². The van der Waals surface area contributed by atoms with Gasteiger partial charge in [0.1, 0.15) is 0 Å². The van der Waals surface area contributed by atoms with Gasteiger partial charge in [-0.25, -0.2) is 0 Å². The van der Waals surface area contributed by atoms with Gasteiger partial charge in [0.15, 0.2) is 0 Å². The van der Waals surface area contributed by atoms with E-state index >= 15 is 0 Å². The van der Waals surface area contributed by atoms with Gasteiger partial charge >= 0.3 is 0 Å². The van der Waals surface area contributed by atoms with Crippen molar-refractivity contribution in [2.45, 2.75) is 151 Å². The Morgan fingerprint density at radius 1 is 0.471 bits per heavy atom. The van der Waals surface area contributed by atoms with Crippen molar-refractivity contribution in [3.63, 3.8) is 0 Å². The van der Waals surface area contributed by atoms with E-state index in [4.69, 9.17) is 4.18 Å². The van der Waals surface area contributed by atoms with Gasteiger partial charge in [0.25, 0.3) is 10.1 Å². The quantitative estimate of drug-likeness (QED) is 0.0745. The monoisotopic (exact) mass is 506 g/mol. The normalized spacial score (nSPS) is 11.9. The van der Waals surface area contributed by atoms with Gasteiger partial charge in [-0.3, -0.25) is 4.18 Å². The number of unbranched alkanes of at least 4 members (excludes halogenated alkanes) is 15. The molecule has 4 nitrogen and oxygen atoms in total. The Morgan fingerprint density at radius 3 is 1.12 bits per heavy atom. The maximum absolute atomic E-state index is 11.8. The molecule has 0 radical (unpaired) electrons. The van der Waals surface area contributed by atoms with Crippen LogP contribution in [0.1, 0.15) is 151 Å². The van der Waals surface area contributed by atoms with Crippen LogP contribution in [-0.4, -0.2) is 51.4 Å². The first-order valence-corrected chi connectivity index (χ1v) is 16.7. The van der Waals surface area contributed by atoms with Gasteiger partial charge in [-0.05, 0) is 40.5 Å². The molecule has 0 heterocycles. The maximum atomic E-state index is 11.8. The van der Waals surface area contributed by atoms with E-state index in [9.17, 15) is 8.42 Å². The molecule has 0 bridgehead atoms. The molecule has 34 heavy (non-hydrogen) atoms. The topological polar surface area (TPSA) is 43.4 Å². The minimum Gasteiger partial charge on any atom is -0.325 e. The fourth-order valence-electron chi connectivity index (χ4n) is 4.41. The molecule has 0 spiro atoms. The zero-order chi connectivity index (χ0) is 26.0. The predicted molar refractivity (Wildman–Crippen MR) is 152 cm³/mol. The van der Waals surface area contributed by atoms with Crippen molar-refractivity contribution in [2.24, 2.45) is 0 Å². The first-order valence-electron chi connectivity index (χ1n) is 15.1. The second kappa shape index (κ2) is 25.9.